The summed E-state index contributed by atoms with van der Waals surface area (Å²) < 4.78 is 0. The summed E-state index contributed by atoms with van der Waals surface area (Å²) in [7, 11) is 1.78. The Labute approximate surface area is 136 Å². The second kappa shape index (κ2) is 6.56. The minimum Gasteiger partial charge on any atom is -0.352 e. The van der Waals surface area contributed by atoms with Crippen molar-refractivity contribution in [3.63, 3.8) is 0 Å². The van der Waals surface area contributed by atoms with Crippen molar-refractivity contribution in [2.75, 3.05) is 20.1 Å². The van der Waals surface area contributed by atoms with E-state index in [9.17, 15) is 10.1 Å². The molecule has 1 aromatic carbocycles. The van der Waals surface area contributed by atoms with Crippen molar-refractivity contribution in [3.05, 3.63) is 39.9 Å². The number of aliphatic imine (C=N–C) groups is 1. The summed E-state index contributed by atoms with van der Waals surface area (Å²) in [4.78, 5) is 17.5. The van der Waals surface area contributed by atoms with Crippen molar-refractivity contribution < 1.29 is 4.92 Å². The molecule has 0 unspecified atom stereocenters. The molecule has 2 aliphatic rings. The van der Waals surface area contributed by atoms with Crippen molar-refractivity contribution in [2.24, 2.45) is 10.4 Å². The van der Waals surface area contributed by atoms with Crippen molar-refractivity contribution in [1.82, 2.24) is 10.2 Å². The van der Waals surface area contributed by atoms with E-state index >= 15 is 0 Å². The van der Waals surface area contributed by atoms with Crippen molar-refractivity contribution in [1.29, 1.82) is 0 Å². The molecule has 1 saturated carbocycles. The predicted octanol–water partition coefficient (Wildman–Crippen LogP) is 2.94. The molecule has 1 saturated heterocycles. The van der Waals surface area contributed by atoms with Gasteiger partial charge in [-0.3, -0.25) is 15.1 Å². The zero-order valence-electron chi connectivity index (χ0n) is 13.6. The van der Waals surface area contributed by atoms with Gasteiger partial charge in [0.1, 0.15) is 0 Å². The minimum atomic E-state index is -0.330. The van der Waals surface area contributed by atoms with Crippen LogP contribution in [0, 0.1) is 15.5 Å². The summed E-state index contributed by atoms with van der Waals surface area (Å²) in [6.07, 6.45) is 6.57. The highest BCUT2D eigenvalue weighted by Gasteiger charge is 2.41. The number of hydrogen-bond donors (Lipinski definition) is 1. The fourth-order valence-corrected chi connectivity index (χ4v) is 3.99. The van der Waals surface area contributed by atoms with Crippen LogP contribution < -0.4 is 5.32 Å². The lowest BCUT2D eigenvalue weighted by molar-refractivity contribution is -0.385. The van der Waals surface area contributed by atoms with Crippen LogP contribution in [0.25, 0.3) is 0 Å². The van der Waals surface area contributed by atoms with Gasteiger partial charge in [0.25, 0.3) is 5.69 Å². The molecular formula is C17H24N4O2. The van der Waals surface area contributed by atoms with Gasteiger partial charge in [0.2, 0.25) is 0 Å². The fourth-order valence-electron chi connectivity index (χ4n) is 3.99. The van der Waals surface area contributed by atoms with E-state index in [0.717, 1.165) is 19.0 Å². The standard InChI is InChI=1S/C17H24N4O2/c1-18-16(20-11-10-17(13-20)8-4-5-9-17)19-12-14-6-2-3-7-15(14)21(22)23/h2-3,6-7H,4-5,8-13H2,1H3,(H,18,19). The van der Waals surface area contributed by atoms with Gasteiger partial charge in [0.15, 0.2) is 5.96 Å². The topological polar surface area (TPSA) is 70.8 Å². The molecular weight excluding hydrogens is 292 g/mol. The number of nitro benzene ring substituents is 1. The molecule has 1 aliphatic heterocycles. The second-order valence-electron chi connectivity index (χ2n) is 6.67. The zero-order valence-corrected chi connectivity index (χ0v) is 13.6. The molecule has 0 radical (unpaired) electrons. The van der Waals surface area contributed by atoms with Crippen LogP contribution >= 0.6 is 0 Å². The monoisotopic (exact) mass is 316 g/mol. The molecule has 6 heteroatoms. The average molecular weight is 316 g/mol. The quantitative estimate of drug-likeness (QED) is 0.403. The lowest BCUT2D eigenvalue weighted by Crippen LogP contribution is -2.40. The van der Waals surface area contributed by atoms with E-state index < -0.39 is 0 Å². The highest BCUT2D eigenvalue weighted by Crippen LogP contribution is 2.45. The molecule has 6 nitrogen and oxygen atoms in total. The lowest BCUT2D eigenvalue weighted by Gasteiger charge is -2.25. The summed E-state index contributed by atoms with van der Waals surface area (Å²) in [5, 5.41) is 14.4. The van der Waals surface area contributed by atoms with E-state index in [4.69, 9.17) is 0 Å². The molecule has 124 valence electrons. The fraction of sp³-hybridized carbons (Fsp3) is 0.588. The van der Waals surface area contributed by atoms with Gasteiger partial charge in [0, 0.05) is 38.3 Å². The van der Waals surface area contributed by atoms with Gasteiger partial charge in [-0.05, 0) is 24.7 Å². The van der Waals surface area contributed by atoms with Crippen LogP contribution in [0.15, 0.2) is 29.3 Å². The van der Waals surface area contributed by atoms with Gasteiger partial charge in [-0.2, -0.15) is 0 Å². The summed E-state index contributed by atoms with van der Waals surface area (Å²) in [6, 6.07) is 6.86. The Bertz CT molecular complexity index is 608. The number of nitrogens with one attached hydrogen (secondary N) is 1. The Morgan fingerprint density at radius 2 is 2.09 bits per heavy atom. The first-order chi connectivity index (χ1) is 11.1. The number of nitrogens with zero attached hydrogens (tertiary/aromatic N) is 3. The smallest absolute Gasteiger partial charge is 0.274 e. The van der Waals surface area contributed by atoms with E-state index in [-0.39, 0.29) is 10.6 Å². The van der Waals surface area contributed by atoms with E-state index in [1.165, 1.54) is 32.1 Å². The van der Waals surface area contributed by atoms with Gasteiger partial charge in [-0.15, -0.1) is 0 Å². The number of rotatable bonds is 3. The molecule has 1 spiro atoms. The first-order valence-electron chi connectivity index (χ1n) is 8.31. The Hall–Kier alpha value is -2.11. The Morgan fingerprint density at radius 1 is 1.35 bits per heavy atom. The van der Waals surface area contributed by atoms with Crippen LogP contribution in [-0.2, 0) is 6.54 Å². The average Bonchev–Trinajstić information content (AvgIpc) is 3.19. The first kappa shape index (κ1) is 15.8. The molecule has 0 atom stereocenters. The maximum atomic E-state index is 11.1. The third-order valence-corrected chi connectivity index (χ3v) is 5.24. The highest BCUT2D eigenvalue weighted by molar-refractivity contribution is 5.80. The normalized spacial score (nSPS) is 20.2. The summed E-state index contributed by atoms with van der Waals surface area (Å²) >= 11 is 0. The van der Waals surface area contributed by atoms with Crippen LogP contribution in [-0.4, -0.2) is 35.9 Å². The van der Waals surface area contributed by atoms with Crippen molar-refractivity contribution in [2.45, 2.75) is 38.6 Å². The van der Waals surface area contributed by atoms with Gasteiger partial charge in [-0.1, -0.05) is 31.0 Å². The Kier molecular flexibility index (Phi) is 4.50. The molecule has 1 N–H and O–H groups in total. The number of likely N-dealkylation sites (tertiary alicyclic amines) is 1. The maximum Gasteiger partial charge on any atom is 0.274 e. The van der Waals surface area contributed by atoms with E-state index in [2.05, 4.69) is 15.2 Å². The Morgan fingerprint density at radius 3 is 2.78 bits per heavy atom. The third-order valence-electron chi connectivity index (χ3n) is 5.24. The van der Waals surface area contributed by atoms with Crippen molar-refractivity contribution >= 4 is 11.6 Å². The molecule has 23 heavy (non-hydrogen) atoms. The zero-order chi connectivity index (χ0) is 16.3. The van der Waals surface area contributed by atoms with E-state index in [0.29, 0.717) is 17.5 Å². The van der Waals surface area contributed by atoms with Gasteiger partial charge >= 0.3 is 0 Å². The second-order valence-corrected chi connectivity index (χ2v) is 6.67. The molecule has 0 amide bonds. The number of para-hydroxylation sites is 1. The van der Waals surface area contributed by atoms with Gasteiger partial charge in [0.05, 0.1) is 4.92 Å². The number of nitro groups is 1. The molecule has 2 fully saturated rings. The molecule has 1 aromatic rings. The molecule has 3 rings (SSSR count). The number of guanidine groups is 1. The van der Waals surface area contributed by atoms with Crippen LogP contribution in [0.2, 0.25) is 0 Å². The number of hydrogen-bond acceptors (Lipinski definition) is 3. The van der Waals surface area contributed by atoms with Crippen LogP contribution in [0.4, 0.5) is 5.69 Å². The minimum absolute atomic E-state index is 0.157. The lowest BCUT2D eigenvalue weighted by atomic mass is 9.86. The molecule has 0 bridgehead atoms. The first-order valence-corrected chi connectivity index (χ1v) is 8.31. The highest BCUT2D eigenvalue weighted by atomic mass is 16.6. The number of benzene rings is 1. The van der Waals surface area contributed by atoms with Crippen molar-refractivity contribution in [3.8, 4) is 0 Å². The Balaban J connectivity index is 1.64. The molecule has 1 aliphatic carbocycles. The molecule has 0 aromatic heterocycles. The molecule has 1 heterocycles. The SMILES string of the molecule is CN=C(NCc1ccccc1[N+](=O)[O-])N1CCC2(CCCC2)C1. The third kappa shape index (κ3) is 3.30. The van der Waals surface area contributed by atoms with E-state index in [1.807, 2.05) is 6.07 Å². The maximum absolute atomic E-state index is 11.1. The van der Waals surface area contributed by atoms with Gasteiger partial charge in [-0.25, -0.2) is 0 Å². The van der Waals surface area contributed by atoms with Crippen LogP contribution in [0.1, 0.15) is 37.7 Å². The largest absolute Gasteiger partial charge is 0.352 e. The summed E-state index contributed by atoms with van der Waals surface area (Å²) in [5.41, 5.74) is 1.33. The summed E-state index contributed by atoms with van der Waals surface area (Å²) in [5.74, 6) is 0.854. The van der Waals surface area contributed by atoms with E-state index in [1.54, 1.807) is 25.2 Å². The van der Waals surface area contributed by atoms with Gasteiger partial charge < -0.3 is 10.2 Å². The summed E-state index contributed by atoms with van der Waals surface area (Å²) in [6.45, 7) is 2.51. The predicted molar refractivity (Wildman–Crippen MR) is 90.4 cm³/mol. The van der Waals surface area contributed by atoms with Crippen LogP contribution in [0.5, 0.6) is 0 Å². The van der Waals surface area contributed by atoms with Crippen LogP contribution in [0.3, 0.4) is 0 Å².